The molecule has 3 rings (SSSR count). The highest BCUT2D eigenvalue weighted by atomic mass is 19.1. The van der Waals surface area contributed by atoms with E-state index in [4.69, 9.17) is 4.74 Å². The summed E-state index contributed by atoms with van der Waals surface area (Å²) in [6, 6.07) is 11.7. The standard InChI is InChI=1S/C26H33FN2O2/c1-3-16-28(2)17-6-4-5-7-19-31-24-14-15-25-22(20-24)9-8-18-29(25)26(30)21-10-12-23(27)13-11-21/h3,10-15,20H,1,4-9,16-19H2,2H3. The van der Waals surface area contributed by atoms with Crippen molar-refractivity contribution in [2.24, 2.45) is 0 Å². The molecule has 0 atom stereocenters. The second-order valence-electron chi connectivity index (χ2n) is 8.17. The van der Waals surface area contributed by atoms with Gasteiger partial charge in [0.05, 0.1) is 6.61 Å². The monoisotopic (exact) mass is 424 g/mol. The number of rotatable bonds is 11. The number of anilines is 1. The molecule has 1 amide bonds. The predicted octanol–water partition coefficient (Wildman–Crippen LogP) is 5.48. The Labute approximate surface area is 185 Å². The molecule has 5 heteroatoms. The van der Waals surface area contributed by atoms with E-state index < -0.39 is 0 Å². The fraction of sp³-hybridized carbons (Fsp3) is 0.423. The van der Waals surface area contributed by atoms with Gasteiger partial charge in [0.15, 0.2) is 0 Å². The summed E-state index contributed by atoms with van der Waals surface area (Å²) in [4.78, 5) is 17.0. The number of benzene rings is 2. The number of nitrogens with zero attached hydrogens (tertiary/aromatic N) is 2. The summed E-state index contributed by atoms with van der Waals surface area (Å²) < 4.78 is 19.1. The van der Waals surface area contributed by atoms with Crippen molar-refractivity contribution in [2.45, 2.75) is 38.5 Å². The van der Waals surface area contributed by atoms with Crippen molar-refractivity contribution in [1.82, 2.24) is 4.90 Å². The third-order valence-electron chi connectivity index (χ3n) is 5.65. The highest BCUT2D eigenvalue weighted by molar-refractivity contribution is 6.06. The minimum atomic E-state index is -0.336. The van der Waals surface area contributed by atoms with Crippen LogP contribution in [0.5, 0.6) is 5.75 Å². The van der Waals surface area contributed by atoms with E-state index in [9.17, 15) is 9.18 Å². The lowest BCUT2D eigenvalue weighted by Gasteiger charge is -2.30. The lowest BCUT2D eigenvalue weighted by molar-refractivity contribution is 0.0985. The summed E-state index contributed by atoms with van der Waals surface area (Å²) in [7, 11) is 2.12. The van der Waals surface area contributed by atoms with Gasteiger partial charge in [-0.05, 0) is 87.3 Å². The zero-order valence-corrected chi connectivity index (χ0v) is 18.5. The van der Waals surface area contributed by atoms with Gasteiger partial charge in [0, 0.05) is 24.3 Å². The smallest absolute Gasteiger partial charge is 0.258 e. The molecule has 0 aliphatic carbocycles. The van der Waals surface area contributed by atoms with Crippen molar-refractivity contribution in [1.29, 1.82) is 0 Å². The molecule has 1 aliphatic heterocycles. The molecule has 0 saturated carbocycles. The van der Waals surface area contributed by atoms with Gasteiger partial charge in [-0.15, -0.1) is 6.58 Å². The van der Waals surface area contributed by atoms with E-state index in [0.29, 0.717) is 18.7 Å². The van der Waals surface area contributed by atoms with Gasteiger partial charge in [-0.2, -0.15) is 0 Å². The zero-order valence-electron chi connectivity index (χ0n) is 18.5. The van der Waals surface area contributed by atoms with Crippen LogP contribution < -0.4 is 9.64 Å². The summed E-state index contributed by atoms with van der Waals surface area (Å²) in [5.74, 6) is 0.436. The summed E-state index contributed by atoms with van der Waals surface area (Å²) in [6.45, 7) is 7.19. The van der Waals surface area contributed by atoms with Crippen molar-refractivity contribution in [3.8, 4) is 5.75 Å². The largest absolute Gasteiger partial charge is 0.494 e. The van der Waals surface area contributed by atoms with Gasteiger partial charge >= 0.3 is 0 Å². The van der Waals surface area contributed by atoms with Crippen LogP contribution in [0, 0.1) is 5.82 Å². The Balaban J connectivity index is 1.48. The Morgan fingerprint density at radius 2 is 1.94 bits per heavy atom. The average molecular weight is 425 g/mol. The number of carbonyl (C=O) groups is 1. The molecule has 4 nitrogen and oxygen atoms in total. The number of unbranched alkanes of at least 4 members (excludes halogenated alkanes) is 3. The Morgan fingerprint density at radius 3 is 2.71 bits per heavy atom. The Bertz CT molecular complexity index is 866. The van der Waals surface area contributed by atoms with E-state index in [0.717, 1.165) is 55.8 Å². The Morgan fingerprint density at radius 1 is 1.16 bits per heavy atom. The molecule has 2 aromatic rings. The predicted molar refractivity (Wildman–Crippen MR) is 124 cm³/mol. The highest BCUT2D eigenvalue weighted by Gasteiger charge is 2.24. The van der Waals surface area contributed by atoms with E-state index in [1.54, 1.807) is 17.0 Å². The van der Waals surface area contributed by atoms with Crippen molar-refractivity contribution in [2.75, 3.05) is 38.2 Å². The quantitative estimate of drug-likeness (QED) is 0.354. The fourth-order valence-corrected chi connectivity index (χ4v) is 3.96. The van der Waals surface area contributed by atoms with Crippen molar-refractivity contribution >= 4 is 11.6 Å². The van der Waals surface area contributed by atoms with E-state index in [1.165, 1.54) is 25.0 Å². The van der Waals surface area contributed by atoms with Gasteiger partial charge in [-0.25, -0.2) is 4.39 Å². The average Bonchev–Trinajstić information content (AvgIpc) is 2.78. The number of carbonyl (C=O) groups excluding carboxylic acids is 1. The number of aryl methyl sites for hydroxylation is 1. The minimum absolute atomic E-state index is 0.0895. The van der Waals surface area contributed by atoms with Gasteiger partial charge in [0.25, 0.3) is 5.91 Å². The van der Waals surface area contributed by atoms with Crippen LogP contribution in [-0.4, -0.2) is 44.1 Å². The molecule has 166 valence electrons. The van der Waals surface area contributed by atoms with Crippen LogP contribution in [0.1, 0.15) is 48.0 Å². The Kier molecular flexibility index (Phi) is 8.65. The lowest BCUT2D eigenvalue weighted by Crippen LogP contribution is -2.35. The van der Waals surface area contributed by atoms with Crippen LogP contribution in [0.25, 0.3) is 0 Å². The number of likely N-dealkylation sites (N-methyl/N-ethyl adjacent to an activating group) is 1. The van der Waals surface area contributed by atoms with Crippen molar-refractivity contribution < 1.29 is 13.9 Å². The SMILES string of the molecule is C=CCN(C)CCCCCCOc1ccc2c(c1)CCCN2C(=O)c1ccc(F)cc1. The second-order valence-corrected chi connectivity index (χ2v) is 8.17. The molecule has 0 N–H and O–H groups in total. The summed E-state index contributed by atoms with van der Waals surface area (Å²) in [5.41, 5.74) is 2.56. The first-order valence-corrected chi connectivity index (χ1v) is 11.2. The molecule has 0 unspecified atom stereocenters. The third-order valence-corrected chi connectivity index (χ3v) is 5.65. The highest BCUT2D eigenvalue weighted by Crippen LogP contribution is 2.31. The summed E-state index contributed by atoms with van der Waals surface area (Å²) in [5, 5.41) is 0. The summed E-state index contributed by atoms with van der Waals surface area (Å²) in [6.07, 6.45) is 8.37. The molecule has 1 heterocycles. The van der Waals surface area contributed by atoms with Gasteiger partial charge in [-0.3, -0.25) is 4.79 Å². The number of amides is 1. The normalized spacial score (nSPS) is 13.2. The van der Waals surface area contributed by atoms with E-state index in [1.807, 2.05) is 18.2 Å². The second kappa shape index (κ2) is 11.7. The van der Waals surface area contributed by atoms with E-state index >= 15 is 0 Å². The molecule has 31 heavy (non-hydrogen) atoms. The molecule has 0 radical (unpaired) electrons. The number of halogens is 1. The molecule has 1 aliphatic rings. The van der Waals surface area contributed by atoms with E-state index in [-0.39, 0.29) is 11.7 Å². The maximum Gasteiger partial charge on any atom is 0.258 e. The fourth-order valence-electron chi connectivity index (χ4n) is 3.96. The molecule has 2 aromatic carbocycles. The number of hydrogen-bond donors (Lipinski definition) is 0. The number of ether oxygens (including phenoxy) is 1. The molecule has 0 fully saturated rings. The first-order chi connectivity index (χ1) is 15.1. The maximum atomic E-state index is 13.2. The zero-order chi connectivity index (χ0) is 22.1. The van der Waals surface area contributed by atoms with Crippen molar-refractivity contribution in [3.05, 3.63) is 72.1 Å². The molecule has 0 bridgehead atoms. The van der Waals surface area contributed by atoms with Crippen LogP contribution in [0.4, 0.5) is 10.1 Å². The minimum Gasteiger partial charge on any atom is -0.494 e. The lowest BCUT2D eigenvalue weighted by atomic mass is 10.0. The molecular weight excluding hydrogens is 391 g/mol. The van der Waals surface area contributed by atoms with Gasteiger partial charge in [0.2, 0.25) is 0 Å². The molecule has 0 spiro atoms. The molecule has 0 aromatic heterocycles. The number of fused-ring (bicyclic) bond motifs is 1. The third kappa shape index (κ3) is 6.66. The van der Waals surface area contributed by atoms with Crippen LogP contribution in [0.3, 0.4) is 0 Å². The summed E-state index contributed by atoms with van der Waals surface area (Å²) >= 11 is 0. The van der Waals surface area contributed by atoms with Gasteiger partial charge in [0.1, 0.15) is 11.6 Å². The van der Waals surface area contributed by atoms with Gasteiger partial charge in [-0.1, -0.05) is 18.9 Å². The maximum absolute atomic E-state index is 13.2. The first kappa shape index (κ1) is 23.0. The molecular formula is C26H33FN2O2. The van der Waals surface area contributed by atoms with Crippen LogP contribution >= 0.6 is 0 Å². The van der Waals surface area contributed by atoms with Crippen LogP contribution in [-0.2, 0) is 6.42 Å². The first-order valence-electron chi connectivity index (χ1n) is 11.2. The van der Waals surface area contributed by atoms with Gasteiger partial charge < -0.3 is 14.5 Å². The van der Waals surface area contributed by atoms with Crippen LogP contribution in [0.15, 0.2) is 55.1 Å². The van der Waals surface area contributed by atoms with E-state index in [2.05, 4.69) is 24.6 Å². The molecule has 0 saturated heterocycles. The van der Waals surface area contributed by atoms with Crippen molar-refractivity contribution in [3.63, 3.8) is 0 Å². The van der Waals surface area contributed by atoms with Crippen LogP contribution in [0.2, 0.25) is 0 Å². The Hall–Kier alpha value is -2.66. The topological polar surface area (TPSA) is 32.8 Å². The number of hydrogen-bond acceptors (Lipinski definition) is 3.